The number of fused-ring (bicyclic) bond motifs is 3. The van der Waals surface area contributed by atoms with Gasteiger partial charge in [0.2, 0.25) is 11.8 Å². The van der Waals surface area contributed by atoms with E-state index in [1.165, 1.54) is 14.0 Å². The summed E-state index contributed by atoms with van der Waals surface area (Å²) in [6, 6.07) is 8.22. The summed E-state index contributed by atoms with van der Waals surface area (Å²) in [6.07, 6.45) is 0.471. The van der Waals surface area contributed by atoms with Crippen LogP contribution in [-0.4, -0.2) is 30.7 Å². The predicted molar refractivity (Wildman–Crippen MR) is 133 cm³/mol. The van der Waals surface area contributed by atoms with Crippen LogP contribution in [0.15, 0.2) is 33.7 Å². The SMILES string of the molecule is Cc1sc2c(c1C)C(c1ccc(I)cc1)=N[C@@H](Cc1nnc(C(C)C)o1)c1nnc(C)n1-2. The van der Waals surface area contributed by atoms with E-state index in [4.69, 9.17) is 9.41 Å². The normalized spacial score (nSPS) is 15.5. The van der Waals surface area contributed by atoms with Gasteiger partial charge in [0.15, 0.2) is 5.82 Å². The molecule has 0 aliphatic carbocycles. The molecule has 0 saturated heterocycles. The van der Waals surface area contributed by atoms with Gasteiger partial charge in [0.05, 0.1) is 12.1 Å². The molecule has 0 fully saturated rings. The molecule has 164 valence electrons. The van der Waals surface area contributed by atoms with Crippen molar-refractivity contribution in [3.63, 3.8) is 0 Å². The van der Waals surface area contributed by atoms with E-state index in [1.807, 2.05) is 20.8 Å². The highest BCUT2D eigenvalue weighted by molar-refractivity contribution is 14.1. The molecular weight excluding hydrogens is 535 g/mol. The van der Waals surface area contributed by atoms with Crippen LogP contribution in [0.1, 0.15) is 70.8 Å². The first kappa shape index (κ1) is 21.4. The molecule has 0 saturated carbocycles. The highest BCUT2D eigenvalue weighted by atomic mass is 127. The van der Waals surface area contributed by atoms with Crippen LogP contribution in [-0.2, 0) is 6.42 Å². The van der Waals surface area contributed by atoms with Crippen LogP contribution in [0.4, 0.5) is 0 Å². The molecule has 4 aromatic rings. The minimum absolute atomic E-state index is 0.180. The van der Waals surface area contributed by atoms with Crippen molar-refractivity contribution in [2.75, 3.05) is 0 Å². The molecule has 0 radical (unpaired) electrons. The largest absolute Gasteiger partial charge is 0.425 e. The Morgan fingerprint density at radius 2 is 1.81 bits per heavy atom. The first-order valence-corrected chi connectivity index (χ1v) is 12.4. The zero-order valence-electron chi connectivity index (χ0n) is 18.5. The zero-order chi connectivity index (χ0) is 22.6. The molecule has 5 rings (SSSR count). The topological polar surface area (TPSA) is 82.0 Å². The highest BCUT2D eigenvalue weighted by Crippen LogP contribution is 2.39. The van der Waals surface area contributed by atoms with Crippen LogP contribution in [0.25, 0.3) is 5.00 Å². The molecule has 3 aromatic heterocycles. The lowest BCUT2D eigenvalue weighted by atomic mass is 10.00. The number of aromatic nitrogens is 5. The van der Waals surface area contributed by atoms with E-state index in [0.717, 1.165) is 33.5 Å². The summed E-state index contributed by atoms with van der Waals surface area (Å²) in [5.74, 6) is 3.03. The van der Waals surface area contributed by atoms with Crippen LogP contribution in [0.2, 0.25) is 0 Å². The van der Waals surface area contributed by atoms with Crippen LogP contribution in [0, 0.1) is 24.3 Å². The fraction of sp³-hybridized carbons (Fsp3) is 0.348. The van der Waals surface area contributed by atoms with Gasteiger partial charge in [-0.2, -0.15) is 0 Å². The standard InChI is InChI=1S/C23H23IN6OS/c1-11(2)22-29-27-18(31-22)10-17-21-28-26-14(5)30(21)23-19(12(3)13(4)32-23)20(25-17)15-6-8-16(24)9-7-15/h6-9,11,17H,10H2,1-5H3/t17-/m0/s1. The van der Waals surface area contributed by atoms with Gasteiger partial charge < -0.3 is 4.42 Å². The van der Waals surface area contributed by atoms with Gasteiger partial charge in [0.1, 0.15) is 16.9 Å². The minimum Gasteiger partial charge on any atom is -0.425 e. The molecule has 0 bridgehead atoms. The van der Waals surface area contributed by atoms with Gasteiger partial charge in [-0.3, -0.25) is 9.56 Å². The molecule has 32 heavy (non-hydrogen) atoms. The lowest BCUT2D eigenvalue weighted by Gasteiger charge is -2.11. The van der Waals surface area contributed by atoms with Crippen molar-refractivity contribution in [2.24, 2.45) is 4.99 Å². The second kappa shape index (κ2) is 8.18. The summed E-state index contributed by atoms with van der Waals surface area (Å²) in [7, 11) is 0. The first-order valence-electron chi connectivity index (χ1n) is 10.5. The Bertz CT molecular complexity index is 1330. The number of nitrogens with zero attached hydrogens (tertiary/aromatic N) is 6. The van der Waals surface area contributed by atoms with Crippen molar-refractivity contribution in [1.29, 1.82) is 0 Å². The molecule has 4 heterocycles. The maximum Gasteiger partial charge on any atom is 0.219 e. The van der Waals surface area contributed by atoms with Crippen molar-refractivity contribution in [3.05, 3.63) is 72.8 Å². The Morgan fingerprint density at radius 3 is 2.50 bits per heavy atom. The maximum absolute atomic E-state index is 5.92. The van der Waals surface area contributed by atoms with E-state index in [2.05, 4.69) is 85.7 Å². The number of halogens is 1. The van der Waals surface area contributed by atoms with Gasteiger partial charge in [-0.25, -0.2) is 0 Å². The summed E-state index contributed by atoms with van der Waals surface area (Å²) in [5, 5.41) is 18.5. The summed E-state index contributed by atoms with van der Waals surface area (Å²) in [4.78, 5) is 6.53. The third-order valence-corrected chi connectivity index (χ3v) is 7.61. The maximum atomic E-state index is 5.92. The lowest BCUT2D eigenvalue weighted by molar-refractivity contribution is 0.418. The second-order valence-electron chi connectivity index (χ2n) is 8.30. The molecule has 1 aromatic carbocycles. The smallest absolute Gasteiger partial charge is 0.219 e. The first-order chi connectivity index (χ1) is 15.3. The molecule has 1 aliphatic heterocycles. The Labute approximate surface area is 204 Å². The van der Waals surface area contributed by atoms with E-state index in [-0.39, 0.29) is 12.0 Å². The number of aryl methyl sites for hydroxylation is 2. The number of rotatable bonds is 4. The molecule has 0 unspecified atom stereocenters. The van der Waals surface area contributed by atoms with Crippen LogP contribution in [0.5, 0.6) is 0 Å². The number of benzene rings is 1. The van der Waals surface area contributed by atoms with Crippen LogP contribution < -0.4 is 0 Å². The van der Waals surface area contributed by atoms with E-state index in [1.54, 1.807) is 11.3 Å². The highest BCUT2D eigenvalue weighted by Gasteiger charge is 2.32. The average molecular weight is 558 g/mol. The van der Waals surface area contributed by atoms with Crippen LogP contribution in [0.3, 0.4) is 0 Å². The molecule has 0 spiro atoms. The van der Waals surface area contributed by atoms with Crippen molar-refractivity contribution in [2.45, 2.75) is 53.0 Å². The Kier molecular flexibility index (Phi) is 5.48. The summed E-state index contributed by atoms with van der Waals surface area (Å²) in [5.41, 5.74) is 4.44. The summed E-state index contributed by atoms with van der Waals surface area (Å²) < 4.78 is 9.26. The molecular formula is C23H23IN6OS. The van der Waals surface area contributed by atoms with Crippen molar-refractivity contribution >= 4 is 39.6 Å². The van der Waals surface area contributed by atoms with Gasteiger partial charge in [-0.05, 0) is 61.1 Å². The van der Waals surface area contributed by atoms with Gasteiger partial charge in [-0.15, -0.1) is 31.7 Å². The third kappa shape index (κ3) is 3.61. The minimum atomic E-state index is -0.287. The fourth-order valence-corrected chi connectivity index (χ4v) is 5.45. The average Bonchev–Trinajstić information content (AvgIpc) is 3.42. The van der Waals surface area contributed by atoms with E-state index >= 15 is 0 Å². The van der Waals surface area contributed by atoms with E-state index in [9.17, 15) is 0 Å². The molecule has 0 amide bonds. The van der Waals surface area contributed by atoms with Crippen molar-refractivity contribution < 1.29 is 4.42 Å². The van der Waals surface area contributed by atoms with Gasteiger partial charge in [0.25, 0.3) is 0 Å². The molecule has 0 N–H and O–H groups in total. The zero-order valence-corrected chi connectivity index (χ0v) is 21.5. The Balaban J connectivity index is 1.71. The monoisotopic (exact) mass is 558 g/mol. The van der Waals surface area contributed by atoms with Crippen LogP contribution >= 0.6 is 33.9 Å². The second-order valence-corrected chi connectivity index (χ2v) is 10.7. The van der Waals surface area contributed by atoms with E-state index < -0.39 is 0 Å². The van der Waals surface area contributed by atoms with Gasteiger partial charge in [0, 0.05) is 25.5 Å². The summed E-state index contributed by atoms with van der Waals surface area (Å²) >= 11 is 4.09. The number of hydrogen-bond donors (Lipinski definition) is 0. The lowest BCUT2D eigenvalue weighted by Crippen LogP contribution is -2.09. The van der Waals surface area contributed by atoms with Gasteiger partial charge in [-0.1, -0.05) is 26.0 Å². The molecule has 9 heteroatoms. The van der Waals surface area contributed by atoms with Gasteiger partial charge >= 0.3 is 0 Å². The summed E-state index contributed by atoms with van der Waals surface area (Å²) in [6.45, 7) is 10.4. The third-order valence-electron chi connectivity index (χ3n) is 5.70. The molecule has 1 aliphatic rings. The Morgan fingerprint density at radius 1 is 1.06 bits per heavy atom. The van der Waals surface area contributed by atoms with Crippen molar-refractivity contribution in [1.82, 2.24) is 25.0 Å². The quantitative estimate of drug-likeness (QED) is 0.309. The molecule has 7 nitrogen and oxygen atoms in total. The predicted octanol–water partition coefficient (Wildman–Crippen LogP) is 5.50. The Hall–Kier alpha value is -2.40. The number of aliphatic imine (C=N–C) groups is 1. The molecule has 1 atom stereocenters. The van der Waals surface area contributed by atoms with Crippen molar-refractivity contribution in [3.8, 4) is 5.00 Å². The number of hydrogen-bond acceptors (Lipinski definition) is 7. The number of thiophene rings is 1. The van der Waals surface area contributed by atoms with E-state index in [0.29, 0.717) is 18.2 Å². The fourth-order valence-electron chi connectivity index (χ4n) is 3.88.